The Morgan fingerprint density at radius 1 is 0.741 bits per heavy atom. The molecule has 0 atom stereocenters. The molecule has 0 amide bonds. The molecule has 136 valence electrons. The number of hydrogen-bond acceptors (Lipinski definition) is 4. The zero-order valence-corrected chi connectivity index (χ0v) is 14.6. The van der Waals surface area contributed by atoms with Gasteiger partial charge in [-0.1, -0.05) is 31.2 Å². The lowest BCUT2D eigenvalue weighted by molar-refractivity contribution is -0.134. The van der Waals surface area contributed by atoms with Crippen LogP contribution in [0.5, 0.6) is 11.5 Å². The topological polar surface area (TPSA) is 52.6 Å². The fraction of sp³-hybridized carbons (Fsp3) is 0.0909. The minimum Gasteiger partial charge on any atom is -0.427 e. The van der Waals surface area contributed by atoms with E-state index in [-0.39, 0.29) is 18.2 Å². The van der Waals surface area contributed by atoms with E-state index in [2.05, 4.69) is 0 Å². The molecule has 0 unspecified atom stereocenters. The van der Waals surface area contributed by atoms with Gasteiger partial charge in [-0.15, -0.1) is 0 Å². The van der Waals surface area contributed by atoms with Crippen LogP contribution in [0.4, 0.5) is 4.39 Å². The van der Waals surface area contributed by atoms with E-state index in [4.69, 9.17) is 9.47 Å². The monoisotopic (exact) mass is 364 g/mol. The van der Waals surface area contributed by atoms with Gasteiger partial charge in [0.25, 0.3) is 0 Å². The Bertz CT molecular complexity index is 930. The normalized spacial score (nSPS) is 10.3. The minimum atomic E-state index is -0.501. The molecule has 0 radical (unpaired) electrons. The van der Waals surface area contributed by atoms with Gasteiger partial charge in [-0.2, -0.15) is 0 Å². The maximum atomic E-state index is 13.0. The highest BCUT2D eigenvalue weighted by Gasteiger charge is 2.10. The molecule has 0 bridgehead atoms. The number of hydrogen-bond donors (Lipinski definition) is 0. The zero-order valence-electron chi connectivity index (χ0n) is 14.6. The largest absolute Gasteiger partial charge is 0.427 e. The molecule has 0 aliphatic heterocycles. The first-order chi connectivity index (χ1) is 13.0. The SMILES string of the molecule is CCC(=O)Oc1ccc(OC(=O)c2ccc(-c3ccc(F)cc3)cc2)cc1. The number of rotatable bonds is 5. The zero-order chi connectivity index (χ0) is 19.2. The van der Waals surface area contributed by atoms with Crippen LogP contribution in [-0.4, -0.2) is 11.9 Å². The third-order valence-corrected chi connectivity index (χ3v) is 3.85. The lowest BCUT2D eigenvalue weighted by Crippen LogP contribution is -2.08. The molecular formula is C22H17FO4. The summed E-state index contributed by atoms with van der Waals surface area (Å²) < 4.78 is 23.4. The number of halogens is 1. The van der Waals surface area contributed by atoms with Crippen LogP contribution in [-0.2, 0) is 4.79 Å². The van der Waals surface area contributed by atoms with Gasteiger partial charge in [0.1, 0.15) is 17.3 Å². The number of benzene rings is 3. The second-order valence-electron chi connectivity index (χ2n) is 5.77. The first kappa shape index (κ1) is 18.3. The molecular weight excluding hydrogens is 347 g/mol. The van der Waals surface area contributed by atoms with Gasteiger partial charge >= 0.3 is 11.9 Å². The third-order valence-electron chi connectivity index (χ3n) is 3.85. The second-order valence-corrected chi connectivity index (χ2v) is 5.77. The molecule has 0 N–H and O–H groups in total. The van der Waals surface area contributed by atoms with Crippen LogP contribution in [0.2, 0.25) is 0 Å². The Hall–Kier alpha value is -3.47. The fourth-order valence-electron chi connectivity index (χ4n) is 2.39. The van der Waals surface area contributed by atoms with E-state index in [0.717, 1.165) is 11.1 Å². The summed E-state index contributed by atoms with van der Waals surface area (Å²) in [5.41, 5.74) is 2.12. The molecule has 0 saturated carbocycles. The summed E-state index contributed by atoms with van der Waals surface area (Å²) in [6.45, 7) is 1.71. The summed E-state index contributed by atoms with van der Waals surface area (Å²) in [5, 5.41) is 0. The summed E-state index contributed by atoms with van der Waals surface area (Å²) in [6.07, 6.45) is 0.282. The van der Waals surface area contributed by atoms with Gasteiger partial charge < -0.3 is 9.47 Å². The smallest absolute Gasteiger partial charge is 0.343 e. The van der Waals surface area contributed by atoms with Crippen molar-refractivity contribution in [2.45, 2.75) is 13.3 Å². The third kappa shape index (κ3) is 4.79. The average molecular weight is 364 g/mol. The molecule has 27 heavy (non-hydrogen) atoms. The van der Waals surface area contributed by atoms with Gasteiger partial charge in [-0.05, 0) is 59.7 Å². The molecule has 4 nitrogen and oxygen atoms in total. The number of esters is 2. The average Bonchev–Trinajstić information content (AvgIpc) is 2.70. The maximum absolute atomic E-state index is 13.0. The molecule has 0 saturated heterocycles. The van der Waals surface area contributed by atoms with E-state index >= 15 is 0 Å². The van der Waals surface area contributed by atoms with E-state index < -0.39 is 5.97 Å². The Labute approximate surface area is 156 Å². The summed E-state index contributed by atoms with van der Waals surface area (Å²) >= 11 is 0. The Morgan fingerprint density at radius 2 is 1.22 bits per heavy atom. The van der Waals surface area contributed by atoms with E-state index in [0.29, 0.717) is 17.1 Å². The van der Waals surface area contributed by atoms with Crippen molar-refractivity contribution in [3.8, 4) is 22.6 Å². The van der Waals surface area contributed by atoms with Crippen molar-refractivity contribution < 1.29 is 23.5 Å². The van der Waals surface area contributed by atoms with Crippen molar-refractivity contribution in [1.82, 2.24) is 0 Å². The highest BCUT2D eigenvalue weighted by atomic mass is 19.1. The summed E-state index contributed by atoms with van der Waals surface area (Å²) in [7, 11) is 0. The van der Waals surface area contributed by atoms with E-state index in [1.165, 1.54) is 12.1 Å². The number of carbonyl (C=O) groups is 2. The first-order valence-corrected chi connectivity index (χ1v) is 8.44. The quantitative estimate of drug-likeness (QED) is 0.471. The molecule has 0 aromatic heterocycles. The molecule has 3 rings (SSSR count). The van der Waals surface area contributed by atoms with Crippen LogP contribution in [0.25, 0.3) is 11.1 Å². The van der Waals surface area contributed by atoms with E-state index in [1.54, 1.807) is 67.6 Å². The summed E-state index contributed by atoms with van der Waals surface area (Å²) in [5.74, 6) is -0.390. The van der Waals surface area contributed by atoms with Gasteiger partial charge in [-0.25, -0.2) is 9.18 Å². The highest BCUT2D eigenvalue weighted by Crippen LogP contribution is 2.22. The Kier molecular flexibility index (Phi) is 5.61. The van der Waals surface area contributed by atoms with E-state index in [9.17, 15) is 14.0 Å². The summed E-state index contributed by atoms with van der Waals surface area (Å²) in [4.78, 5) is 23.5. The van der Waals surface area contributed by atoms with Gasteiger partial charge in [0, 0.05) is 6.42 Å². The van der Waals surface area contributed by atoms with Crippen molar-refractivity contribution in [1.29, 1.82) is 0 Å². The molecule has 0 heterocycles. The lowest BCUT2D eigenvalue weighted by atomic mass is 10.0. The predicted octanol–water partition coefficient (Wildman–Crippen LogP) is 5.03. The standard InChI is InChI=1S/C22H17FO4/c1-2-21(24)26-19-11-13-20(14-12-19)27-22(25)17-5-3-15(4-6-17)16-7-9-18(23)10-8-16/h3-14H,2H2,1H3. The van der Waals surface area contributed by atoms with Crippen LogP contribution >= 0.6 is 0 Å². The minimum absolute atomic E-state index is 0.282. The van der Waals surface area contributed by atoms with Crippen molar-refractivity contribution in [3.63, 3.8) is 0 Å². The van der Waals surface area contributed by atoms with Crippen LogP contribution in [0.3, 0.4) is 0 Å². The molecule has 0 fully saturated rings. The molecule has 5 heteroatoms. The second kappa shape index (κ2) is 8.27. The van der Waals surface area contributed by atoms with Crippen molar-refractivity contribution >= 4 is 11.9 Å². The van der Waals surface area contributed by atoms with Gasteiger partial charge in [0.05, 0.1) is 5.56 Å². The van der Waals surface area contributed by atoms with E-state index in [1.807, 2.05) is 0 Å². The summed E-state index contributed by atoms with van der Waals surface area (Å²) in [6, 6.07) is 19.2. The maximum Gasteiger partial charge on any atom is 0.343 e. The Morgan fingerprint density at radius 3 is 1.74 bits per heavy atom. The van der Waals surface area contributed by atoms with Crippen LogP contribution < -0.4 is 9.47 Å². The van der Waals surface area contributed by atoms with Crippen LogP contribution in [0.15, 0.2) is 72.8 Å². The lowest BCUT2D eigenvalue weighted by Gasteiger charge is -2.07. The molecule has 0 aliphatic rings. The molecule has 0 spiro atoms. The van der Waals surface area contributed by atoms with Crippen LogP contribution in [0, 0.1) is 5.82 Å². The van der Waals surface area contributed by atoms with Crippen LogP contribution in [0.1, 0.15) is 23.7 Å². The molecule has 3 aromatic rings. The highest BCUT2D eigenvalue weighted by molar-refractivity contribution is 5.91. The van der Waals surface area contributed by atoms with Crippen molar-refractivity contribution in [3.05, 3.63) is 84.2 Å². The predicted molar refractivity (Wildman–Crippen MR) is 99.2 cm³/mol. The van der Waals surface area contributed by atoms with Gasteiger partial charge in [0.15, 0.2) is 0 Å². The Balaban J connectivity index is 1.65. The van der Waals surface area contributed by atoms with Crippen molar-refractivity contribution in [2.24, 2.45) is 0 Å². The molecule has 0 aliphatic carbocycles. The first-order valence-electron chi connectivity index (χ1n) is 8.44. The number of carbonyl (C=O) groups excluding carboxylic acids is 2. The molecule has 3 aromatic carbocycles. The fourth-order valence-corrected chi connectivity index (χ4v) is 2.39. The number of ether oxygens (including phenoxy) is 2. The van der Waals surface area contributed by atoms with Gasteiger partial charge in [0.2, 0.25) is 0 Å². The van der Waals surface area contributed by atoms with Gasteiger partial charge in [-0.3, -0.25) is 4.79 Å². The van der Waals surface area contributed by atoms with Crippen molar-refractivity contribution in [2.75, 3.05) is 0 Å².